The first-order valence-electron chi connectivity index (χ1n) is 7.00. The molecule has 24 heavy (non-hydrogen) atoms. The maximum absolute atomic E-state index is 13.7. The second-order valence-electron chi connectivity index (χ2n) is 4.94. The Balaban J connectivity index is 1.76. The summed E-state index contributed by atoms with van der Waals surface area (Å²) in [4.78, 5) is 0. The van der Waals surface area contributed by atoms with Crippen LogP contribution >= 0.6 is 27.7 Å². The van der Waals surface area contributed by atoms with Crippen molar-refractivity contribution < 1.29 is 9.13 Å². The fourth-order valence-corrected chi connectivity index (χ4v) is 3.35. The second-order valence-corrected chi connectivity index (χ2v) is 6.80. The molecule has 1 aromatic heterocycles. The smallest absolute Gasteiger partial charge is 0.210 e. The molecule has 1 heterocycles. The van der Waals surface area contributed by atoms with Crippen LogP contribution in [-0.2, 0) is 5.75 Å². The largest absolute Gasteiger partial charge is 0.494 e. The van der Waals surface area contributed by atoms with Crippen LogP contribution in [0.4, 0.5) is 4.39 Å². The summed E-state index contributed by atoms with van der Waals surface area (Å²) in [6.45, 7) is 0. The van der Waals surface area contributed by atoms with E-state index in [9.17, 15) is 4.39 Å². The molecule has 0 spiro atoms. The van der Waals surface area contributed by atoms with Crippen LogP contribution < -0.4 is 10.6 Å². The van der Waals surface area contributed by atoms with E-state index in [0.717, 1.165) is 15.6 Å². The molecule has 0 amide bonds. The van der Waals surface area contributed by atoms with E-state index in [1.165, 1.54) is 29.6 Å². The van der Waals surface area contributed by atoms with Crippen molar-refractivity contribution in [3.05, 3.63) is 58.3 Å². The zero-order valence-corrected chi connectivity index (χ0v) is 15.1. The molecule has 0 saturated heterocycles. The summed E-state index contributed by atoms with van der Waals surface area (Å²) in [5.41, 5.74) is 1.67. The average Bonchev–Trinajstić information content (AvgIpc) is 2.94. The summed E-state index contributed by atoms with van der Waals surface area (Å²) in [7, 11) is 1.44. The molecule has 3 aromatic rings. The van der Waals surface area contributed by atoms with Gasteiger partial charge in [-0.05, 0) is 29.8 Å². The summed E-state index contributed by atoms with van der Waals surface area (Å²) < 4.78 is 21.0. The van der Waals surface area contributed by atoms with Crippen molar-refractivity contribution in [2.45, 2.75) is 10.9 Å². The first kappa shape index (κ1) is 16.8. The number of thioether (sulfide) groups is 1. The van der Waals surface area contributed by atoms with Crippen molar-refractivity contribution in [2.24, 2.45) is 0 Å². The summed E-state index contributed by atoms with van der Waals surface area (Å²) in [5, 5.41) is 8.80. The highest BCUT2D eigenvalue weighted by atomic mass is 79.9. The van der Waals surface area contributed by atoms with Gasteiger partial charge in [-0.2, -0.15) is 0 Å². The number of rotatable bonds is 5. The first-order valence-corrected chi connectivity index (χ1v) is 8.78. The molecule has 0 unspecified atom stereocenters. The van der Waals surface area contributed by atoms with E-state index >= 15 is 0 Å². The molecule has 5 nitrogen and oxygen atoms in total. The molecule has 0 bridgehead atoms. The van der Waals surface area contributed by atoms with Crippen molar-refractivity contribution in [1.82, 2.24) is 14.9 Å². The number of methoxy groups -OCH3 is 1. The van der Waals surface area contributed by atoms with Gasteiger partial charge in [0.05, 0.1) is 7.11 Å². The lowest BCUT2D eigenvalue weighted by atomic mass is 10.2. The Hall–Kier alpha value is -2.06. The van der Waals surface area contributed by atoms with Crippen molar-refractivity contribution in [3.63, 3.8) is 0 Å². The fraction of sp³-hybridized carbons (Fsp3) is 0.125. The van der Waals surface area contributed by atoms with E-state index < -0.39 is 0 Å². The molecule has 2 N–H and O–H groups in total. The van der Waals surface area contributed by atoms with Gasteiger partial charge >= 0.3 is 0 Å². The number of hydrogen-bond donors (Lipinski definition) is 1. The molecule has 124 valence electrons. The Morgan fingerprint density at radius 2 is 2.08 bits per heavy atom. The third-order valence-corrected chi connectivity index (χ3v) is 4.84. The first-order chi connectivity index (χ1) is 11.6. The number of aromatic nitrogens is 3. The molecule has 0 aliphatic heterocycles. The second kappa shape index (κ2) is 7.23. The third kappa shape index (κ3) is 3.54. The standard InChI is InChI=1S/C16H14BrFN4OS/c1-23-14-6-5-10(7-13(14)18)9-24-16-21-20-15(22(16)19)11-3-2-4-12(17)8-11/h2-8H,9,19H2,1H3. The van der Waals surface area contributed by atoms with Crippen LogP contribution in [0.2, 0.25) is 0 Å². The predicted molar refractivity (Wildman–Crippen MR) is 95.8 cm³/mol. The molecule has 2 aromatic carbocycles. The molecule has 0 aliphatic carbocycles. The maximum atomic E-state index is 13.7. The number of halogens is 2. The average molecular weight is 409 g/mol. The molecule has 8 heteroatoms. The van der Waals surface area contributed by atoms with Crippen molar-refractivity contribution in [1.29, 1.82) is 0 Å². The lowest BCUT2D eigenvalue weighted by Crippen LogP contribution is -2.11. The van der Waals surface area contributed by atoms with Crippen LogP contribution in [-0.4, -0.2) is 22.0 Å². The summed E-state index contributed by atoms with van der Waals surface area (Å²) in [6.07, 6.45) is 0. The number of nitrogens with two attached hydrogens (primary N) is 1. The normalized spacial score (nSPS) is 10.8. The molecular weight excluding hydrogens is 395 g/mol. The van der Waals surface area contributed by atoms with Gasteiger partial charge in [-0.15, -0.1) is 10.2 Å². The lowest BCUT2D eigenvalue weighted by molar-refractivity contribution is 0.386. The third-order valence-electron chi connectivity index (χ3n) is 3.33. The zero-order valence-electron chi connectivity index (χ0n) is 12.7. The monoisotopic (exact) mass is 408 g/mol. The van der Waals surface area contributed by atoms with E-state index in [0.29, 0.717) is 16.7 Å². The van der Waals surface area contributed by atoms with E-state index in [1.54, 1.807) is 12.1 Å². The molecule has 0 atom stereocenters. The fourth-order valence-electron chi connectivity index (χ4n) is 2.15. The summed E-state index contributed by atoms with van der Waals surface area (Å²) in [5.74, 6) is 7.01. The Labute approximate surface area is 151 Å². The van der Waals surface area contributed by atoms with Gasteiger partial charge in [0, 0.05) is 15.8 Å². The summed E-state index contributed by atoms with van der Waals surface area (Å²) >= 11 is 4.81. The number of nitrogens with zero attached hydrogens (tertiary/aromatic N) is 3. The summed E-state index contributed by atoms with van der Waals surface area (Å²) in [6, 6.07) is 12.5. The van der Waals surface area contributed by atoms with Gasteiger partial charge < -0.3 is 10.6 Å². The Kier molecular flexibility index (Phi) is 5.06. The van der Waals surface area contributed by atoms with Crippen molar-refractivity contribution in [3.8, 4) is 17.1 Å². The molecule has 0 radical (unpaired) electrons. The number of ether oxygens (including phenoxy) is 1. The SMILES string of the molecule is COc1ccc(CSc2nnc(-c3cccc(Br)c3)n2N)cc1F. The Morgan fingerprint density at radius 1 is 1.25 bits per heavy atom. The van der Waals surface area contributed by atoms with Gasteiger partial charge in [0.1, 0.15) is 0 Å². The van der Waals surface area contributed by atoms with Gasteiger partial charge in [-0.25, -0.2) is 9.07 Å². The highest BCUT2D eigenvalue weighted by Crippen LogP contribution is 2.27. The Morgan fingerprint density at radius 3 is 2.79 bits per heavy atom. The van der Waals surface area contributed by atoms with Crippen LogP contribution in [0.15, 0.2) is 52.1 Å². The van der Waals surface area contributed by atoms with Crippen molar-refractivity contribution in [2.75, 3.05) is 13.0 Å². The molecule has 3 rings (SSSR count). The van der Waals surface area contributed by atoms with E-state index in [4.69, 9.17) is 10.6 Å². The lowest BCUT2D eigenvalue weighted by Gasteiger charge is -2.06. The van der Waals surface area contributed by atoms with Crippen LogP contribution in [0.1, 0.15) is 5.56 Å². The zero-order chi connectivity index (χ0) is 17.1. The van der Waals surface area contributed by atoms with Crippen LogP contribution in [0.25, 0.3) is 11.4 Å². The van der Waals surface area contributed by atoms with E-state index in [2.05, 4.69) is 26.1 Å². The minimum absolute atomic E-state index is 0.225. The number of benzene rings is 2. The van der Waals surface area contributed by atoms with Gasteiger partial charge in [0.2, 0.25) is 5.16 Å². The van der Waals surface area contributed by atoms with Crippen LogP contribution in [0, 0.1) is 5.82 Å². The number of hydrogen-bond acceptors (Lipinski definition) is 5. The van der Waals surface area contributed by atoms with Crippen LogP contribution in [0.5, 0.6) is 5.75 Å². The highest BCUT2D eigenvalue weighted by molar-refractivity contribution is 9.10. The minimum atomic E-state index is -0.389. The van der Waals surface area contributed by atoms with Crippen LogP contribution in [0.3, 0.4) is 0 Å². The predicted octanol–water partition coefficient (Wildman–Crippen LogP) is 3.86. The van der Waals surface area contributed by atoms with Gasteiger partial charge in [-0.3, -0.25) is 0 Å². The van der Waals surface area contributed by atoms with Crippen molar-refractivity contribution >= 4 is 27.7 Å². The molecule has 0 aliphatic rings. The van der Waals surface area contributed by atoms with Gasteiger partial charge in [0.15, 0.2) is 17.4 Å². The molecule has 0 fully saturated rings. The molecular formula is C16H14BrFN4OS. The molecule has 0 saturated carbocycles. The highest BCUT2D eigenvalue weighted by Gasteiger charge is 2.13. The van der Waals surface area contributed by atoms with Gasteiger partial charge in [0.25, 0.3) is 0 Å². The number of nitrogen functional groups attached to an aromatic ring is 1. The topological polar surface area (TPSA) is 66.0 Å². The van der Waals surface area contributed by atoms with E-state index in [1.807, 2.05) is 24.3 Å². The quantitative estimate of drug-likeness (QED) is 0.512. The van der Waals surface area contributed by atoms with Gasteiger partial charge in [-0.1, -0.05) is 45.9 Å². The van der Waals surface area contributed by atoms with E-state index in [-0.39, 0.29) is 11.6 Å². The Bertz CT molecular complexity index is 871. The maximum Gasteiger partial charge on any atom is 0.210 e. The minimum Gasteiger partial charge on any atom is -0.494 e.